The van der Waals surface area contributed by atoms with Crippen LogP contribution in [0.15, 0.2) is 46.0 Å². The molecule has 1 aromatic heterocycles. The molecule has 0 amide bonds. The molecule has 4 N–H and O–H groups in total. The molecule has 0 fully saturated rings. The number of nitrogens with zero attached hydrogens (tertiary/aromatic N) is 1. The van der Waals surface area contributed by atoms with Crippen molar-refractivity contribution < 1.29 is 8.42 Å². The number of sulfonamides is 1. The molecule has 8 heteroatoms. The summed E-state index contributed by atoms with van der Waals surface area (Å²) in [5, 5.41) is 0. The summed E-state index contributed by atoms with van der Waals surface area (Å²) in [6.07, 6.45) is 2.69. The fraction of sp³-hybridized carbons (Fsp3) is 0.0833. The molecule has 0 aliphatic carbocycles. The number of aryl methyl sites for hydroxylation is 1. The molecule has 106 valence electrons. The lowest BCUT2D eigenvalue weighted by molar-refractivity contribution is 0.601. The number of benzene rings is 1. The van der Waals surface area contributed by atoms with Gasteiger partial charge >= 0.3 is 0 Å². The van der Waals surface area contributed by atoms with Crippen molar-refractivity contribution in [1.29, 1.82) is 0 Å². The van der Waals surface area contributed by atoms with Crippen LogP contribution in [0.4, 0.5) is 11.4 Å². The lowest BCUT2D eigenvalue weighted by atomic mass is 10.2. The summed E-state index contributed by atoms with van der Waals surface area (Å²) in [5.74, 6) is 5.31. The first-order valence-electron chi connectivity index (χ1n) is 5.63. The van der Waals surface area contributed by atoms with Gasteiger partial charge in [-0.2, -0.15) is 0 Å². The number of halogens is 1. The van der Waals surface area contributed by atoms with E-state index in [2.05, 4.69) is 31.1 Å². The SMILES string of the molecule is Cc1cc(Br)cc(NS(=O)(=O)c2cnccc2NN)c1. The van der Waals surface area contributed by atoms with E-state index < -0.39 is 10.0 Å². The van der Waals surface area contributed by atoms with Gasteiger partial charge < -0.3 is 5.43 Å². The van der Waals surface area contributed by atoms with E-state index in [0.717, 1.165) is 10.0 Å². The number of hydrogen-bond donors (Lipinski definition) is 3. The molecule has 0 saturated heterocycles. The number of anilines is 2. The van der Waals surface area contributed by atoms with E-state index in [1.54, 1.807) is 12.1 Å². The Morgan fingerprint density at radius 1 is 1.30 bits per heavy atom. The summed E-state index contributed by atoms with van der Waals surface area (Å²) in [6, 6.07) is 6.78. The van der Waals surface area contributed by atoms with Gasteiger partial charge in [0.15, 0.2) is 0 Å². The molecule has 0 spiro atoms. The highest BCUT2D eigenvalue weighted by molar-refractivity contribution is 9.10. The lowest BCUT2D eigenvalue weighted by Crippen LogP contribution is -2.17. The molecular formula is C12H13BrN4O2S. The molecule has 0 unspecified atom stereocenters. The molecular weight excluding hydrogens is 344 g/mol. The zero-order chi connectivity index (χ0) is 14.8. The zero-order valence-electron chi connectivity index (χ0n) is 10.6. The predicted molar refractivity (Wildman–Crippen MR) is 81.7 cm³/mol. The Morgan fingerprint density at radius 2 is 2.05 bits per heavy atom. The number of nitrogens with one attached hydrogen (secondary N) is 2. The second-order valence-electron chi connectivity index (χ2n) is 4.14. The van der Waals surface area contributed by atoms with Gasteiger partial charge in [0.05, 0.1) is 11.4 Å². The highest BCUT2D eigenvalue weighted by Crippen LogP contribution is 2.24. The van der Waals surface area contributed by atoms with Crippen LogP contribution in [0.25, 0.3) is 0 Å². The van der Waals surface area contributed by atoms with Crippen molar-refractivity contribution >= 4 is 37.3 Å². The van der Waals surface area contributed by atoms with Gasteiger partial charge in [0, 0.05) is 16.9 Å². The predicted octanol–water partition coefficient (Wildman–Crippen LogP) is 2.24. The van der Waals surface area contributed by atoms with Gasteiger partial charge in [-0.25, -0.2) is 8.42 Å². The molecule has 0 bridgehead atoms. The Morgan fingerprint density at radius 3 is 2.70 bits per heavy atom. The van der Waals surface area contributed by atoms with Gasteiger partial charge in [-0.3, -0.25) is 15.5 Å². The Hall–Kier alpha value is -1.64. The first-order valence-corrected chi connectivity index (χ1v) is 7.90. The number of hydrogen-bond acceptors (Lipinski definition) is 5. The Balaban J connectivity index is 2.41. The molecule has 20 heavy (non-hydrogen) atoms. The summed E-state index contributed by atoms with van der Waals surface area (Å²) in [6.45, 7) is 1.87. The third-order valence-corrected chi connectivity index (χ3v) is 4.39. The van der Waals surface area contributed by atoms with E-state index >= 15 is 0 Å². The van der Waals surface area contributed by atoms with E-state index in [-0.39, 0.29) is 10.6 Å². The summed E-state index contributed by atoms with van der Waals surface area (Å²) >= 11 is 3.33. The standard InChI is InChI=1S/C12H13BrN4O2S/c1-8-4-9(13)6-10(5-8)17-20(18,19)12-7-15-3-2-11(12)16-14/h2-7,17H,14H2,1H3,(H,15,16). The maximum absolute atomic E-state index is 12.3. The minimum absolute atomic E-state index is 0.0138. The summed E-state index contributed by atoms with van der Waals surface area (Å²) in [7, 11) is -3.77. The quantitative estimate of drug-likeness (QED) is 0.576. The topological polar surface area (TPSA) is 97.1 Å². The molecule has 2 rings (SSSR count). The van der Waals surface area contributed by atoms with Crippen LogP contribution < -0.4 is 16.0 Å². The van der Waals surface area contributed by atoms with Crippen molar-refractivity contribution in [2.45, 2.75) is 11.8 Å². The number of aromatic nitrogens is 1. The Kier molecular flexibility index (Phi) is 4.26. The van der Waals surface area contributed by atoms with Crippen molar-refractivity contribution in [2.75, 3.05) is 10.1 Å². The highest BCUT2D eigenvalue weighted by Gasteiger charge is 2.18. The maximum atomic E-state index is 12.3. The van der Waals surface area contributed by atoms with Crippen LogP contribution in [0.3, 0.4) is 0 Å². The molecule has 0 atom stereocenters. The minimum Gasteiger partial charge on any atom is -0.323 e. The largest absolute Gasteiger partial charge is 0.323 e. The zero-order valence-corrected chi connectivity index (χ0v) is 13.0. The summed E-state index contributed by atoms with van der Waals surface area (Å²) in [4.78, 5) is 3.80. The Labute approximate surface area is 125 Å². The molecule has 1 heterocycles. The van der Waals surface area contributed by atoms with Gasteiger partial charge in [-0.15, -0.1) is 0 Å². The molecule has 2 aromatic rings. The van der Waals surface area contributed by atoms with Crippen LogP contribution in [0, 0.1) is 6.92 Å². The van der Waals surface area contributed by atoms with Gasteiger partial charge in [-0.05, 0) is 36.8 Å². The first kappa shape index (κ1) is 14.8. The molecule has 0 radical (unpaired) electrons. The second kappa shape index (κ2) is 5.78. The molecule has 0 aliphatic rings. The molecule has 1 aromatic carbocycles. The molecule has 0 saturated carbocycles. The number of pyridine rings is 1. The fourth-order valence-electron chi connectivity index (χ4n) is 1.72. The normalized spacial score (nSPS) is 11.2. The monoisotopic (exact) mass is 356 g/mol. The third kappa shape index (κ3) is 3.27. The number of nitrogen functional groups attached to an aromatic ring is 1. The van der Waals surface area contributed by atoms with Gasteiger partial charge in [0.1, 0.15) is 4.90 Å². The lowest BCUT2D eigenvalue weighted by Gasteiger charge is -2.12. The Bertz CT molecular complexity index is 714. The maximum Gasteiger partial charge on any atom is 0.265 e. The minimum atomic E-state index is -3.77. The first-order chi connectivity index (χ1) is 9.42. The van der Waals surface area contributed by atoms with E-state index in [4.69, 9.17) is 5.84 Å². The smallest absolute Gasteiger partial charge is 0.265 e. The van der Waals surface area contributed by atoms with Gasteiger partial charge in [0.25, 0.3) is 10.0 Å². The van der Waals surface area contributed by atoms with E-state index in [1.165, 1.54) is 18.5 Å². The van der Waals surface area contributed by atoms with Crippen molar-refractivity contribution in [3.63, 3.8) is 0 Å². The number of rotatable bonds is 4. The van der Waals surface area contributed by atoms with Gasteiger partial charge in [0.2, 0.25) is 0 Å². The molecule has 6 nitrogen and oxygen atoms in total. The van der Waals surface area contributed by atoms with Crippen LogP contribution in [0.2, 0.25) is 0 Å². The van der Waals surface area contributed by atoms with E-state index in [1.807, 2.05) is 13.0 Å². The molecule has 0 aliphatic heterocycles. The van der Waals surface area contributed by atoms with Crippen LogP contribution in [0.1, 0.15) is 5.56 Å². The third-order valence-electron chi connectivity index (χ3n) is 2.52. The van der Waals surface area contributed by atoms with Crippen LogP contribution in [0.5, 0.6) is 0 Å². The summed E-state index contributed by atoms with van der Waals surface area (Å²) < 4.78 is 28.0. The highest BCUT2D eigenvalue weighted by atomic mass is 79.9. The van der Waals surface area contributed by atoms with E-state index in [0.29, 0.717) is 5.69 Å². The van der Waals surface area contributed by atoms with Crippen LogP contribution in [-0.2, 0) is 10.0 Å². The van der Waals surface area contributed by atoms with Crippen molar-refractivity contribution in [2.24, 2.45) is 5.84 Å². The number of nitrogens with two attached hydrogens (primary N) is 1. The van der Waals surface area contributed by atoms with Crippen molar-refractivity contribution in [3.8, 4) is 0 Å². The van der Waals surface area contributed by atoms with Gasteiger partial charge in [-0.1, -0.05) is 15.9 Å². The van der Waals surface area contributed by atoms with Crippen LogP contribution in [-0.4, -0.2) is 13.4 Å². The summed E-state index contributed by atoms with van der Waals surface area (Å²) in [5.41, 5.74) is 4.01. The fourth-order valence-corrected chi connectivity index (χ4v) is 3.48. The van der Waals surface area contributed by atoms with E-state index in [9.17, 15) is 8.42 Å². The average molecular weight is 357 g/mol. The van der Waals surface area contributed by atoms with Crippen molar-refractivity contribution in [3.05, 3.63) is 46.7 Å². The number of hydrazine groups is 1. The average Bonchev–Trinajstić information content (AvgIpc) is 2.36. The second-order valence-corrected chi connectivity index (χ2v) is 6.71. The van der Waals surface area contributed by atoms with Crippen LogP contribution >= 0.6 is 15.9 Å². The van der Waals surface area contributed by atoms with Crippen molar-refractivity contribution in [1.82, 2.24) is 4.98 Å².